The van der Waals surface area contributed by atoms with Crippen LogP contribution in [0.25, 0.3) is 0 Å². The van der Waals surface area contributed by atoms with Crippen molar-refractivity contribution >= 4 is 5.91 Å². The number of carbonyl (C=O) groups is 1. The zero-order valence-corrected chi connectivity index (χ0v) is 13.4. The topological polar surface area (TPSA) is 56.6 Å². The number of rotatable bonds is 4. The molecule has 0 aromatic carbocycles. The molecule has 1 saturated heterocycles. The summed E-state index contributed by atoms with van der Waals surface area (Å²) in [5, 5.41) is 4.14. The normalized spacial score (nSPS) is 29.0. The molecule has 1 aromatic rings. The Morgan fingerprint density at radius 2 is 2.36 bits per heavy atom. The molecule has 1 aliphatic heterocycles. The summed E-state index contributed by atoms with van der Waals surface area (Å²) in [6, 6.07) is 2.04. The van der Waals surface area contributed by atoms with E-state index in [4.69, 9.17) is 9.47 Å². The van der Waals surface area contributed by atoms with E-state index in [1.165, 1.54) is 6.42 Å². The summed E-state index contributed by atoms with van der Waals surface area (Å²) in [6.07, 6.45) is 5.75. The van der Waals surface area contributed by atoms with E-state index in [0.29, 0.717) is 32.1 Å². The zero-order valence-electron chi connectivity index (χ0n) is 13.4. The van der Waals surface area contributed by atoms with E-state index in [9.17, 15) is 4.79 Å². The van der Waals surface area contributed by atoms with Gasteiger partial charge in [-0.2, -0.15) is 5.10 Å². The number of amides is 1. The van der Waals surface area contributed by atoms with Gasteiger partial charge in [0.1, 0.15) is 0 Å². The van der Waals surface area contributed by atoms with Gasteiger partial charge in [0.2, 0.25) is 5.91 Å². The highest BCUT2D eigenvalue weighted by Gasteiger charge is 2.40. The highest BCUT2D eigenvalue weighted by Crippen LogP contribution is 2.34. The lowest BCUT2D eigenvalue weighted by atomic mass is 9.93. The van der Waals surface area contributed by atoms with Crippen LogP contribution in [0.3, 0.4) is 0 Å². The monoisotopic (exact) mass is 307 g/mol. The summed E-state index contributed by atoms with van der Waals surface area (Å²) in [4.78, 5) is 14.8. The number of hydrogen-bond donors (Lipinski definition) is 0. The fraction of sp³-hybridized carbons (Fsp3) is 0.750. The Morgan fingerprint density at radius 1 is 1.50 bits per heavy atom. The molecule has 2 heterocycles. The fourth-order valence-corrected chi connectivity index (χ4v) is 3.81. The molecule has 1 saturated carbocycles. The van der Waals surface area contributed by atoms with E-state index in [2.05, 4.69) is 5.10 Å². The molecule has 22 heavy (non-hydrogen) atoms. The molecule has 0 unspecified atom stereocenters. The van der Waals surface area contributed by atoms with E-state index < -0.39 is 0 Å². The van der Waals surface area contributed by atoms with Crippen molar-refractivity contribution in [1.82, 2.24) is 14.7 Å². The minimum atomic E-state index is 0.141. The summed E-state index contributed by atoms with van der Waals surface area (Å²) in [7, 11) is 3.64. The largest absolute Gasteiger partial charge is 0.381 e. The predicted octanol–water partition coefficient (Wildman–Crippen LogP) is 1.01. The second-order valence-electron chi connectivity index (χ2n) is 6.22. The van der Waals surface area contributed by atoms with Gasteiger partial charge in [0.15, 0.2) is 0 Å². The molecule has 0 spiro atoms. The number of aromatic nitrogens is 2. The number of carbonyl (C=O) groups excluding carboxylic acids is 1. The lowest BCUT2D eigenvalue weighted by molar-refractivity contribution is -0.143. The van der Waals surface area contributed by atoms with Gasteiger partial charge in [-0.3, -0.25) is 9.48 Å². The van der Waals surface area contributed by atoms with Crippen LogP contribution in [-0.2, 0) is 27.7 Å². The van der Waals surface area contributed by atoms with Gasteiger partial charge in [-0.05, 0) is 18.9 Å². The van der Waals surface area contributed by atoms with Crippen molar-refractivity contribution in [3.63, 3.8) is 0 Å². The molecule has 0 N–H and O–H groups in total. The first-order valence-electron chi connectivity index (χ1n) is 8.07. The molecular weight excluding hydrogens is 282 g/mol. The zero-order chi connectivity index (χ0) is 15.5. The lowest BCUT2D eigenvalue weighted by Crippen LogP contribution is -2.54. The smallest absolute Gasteiger partial charge is 0.228 e. The fourth-order valence-electron chi connectivity index (χ4n) is 3.81. The quantitative estimate of drug-likeness (QED) is 0.833. The Morgan fingerprint density at radius 3 is 3.09 bits per heavy atom. The van der Waals surface area contributed by atoms with E-state index >= 15 is 0 Å². The van der Waals surface area contributed by atoms with Crippen molar-refractivity contribution in [2.75, 3.05) is 26.9 Å². The molecule has 1 amide bonds. The summed E-state index contributed by atoms with van der Waals surface area (Å²) in [5.41, 5.74) is 0.949. The van der Waals surface area contributed by atoms with Crippen molar-refractivity contribution in [1.29, 1.82) is 0 Å². The number of nitrogens with zero attached hydrogens (tertiary/aromatic N) is 3. The molecule has 2 aliphatic rings. The van der Waals surface area contributed by atoms with Gasteiger partial charge in [0.25, 0.3) is 0 Å². The van der Waals surface area contributed by atoms with Gasteiger partial charge < -0.3 is 14.4 Å². The third kappa shape index (κ3) is 3.03. The molecule has 2 fully saturated rings. The van der Waals surface area contributed by atoms with Crippen LogP contribution in [-0.4, -0.2) is 59.6 Å². The molecular formula is C16H25N3O3. The molecule has 3 rings (SSSR count). The van der Waals surface area contributed by atoms with Crippen LogP contribution in [0.2, 0.25) is 0 Å². The maximum Gasteiger partial charge on any atom is 0.228 e. The van der Waals surface area contributed by atoms with Crippen LogP contribution in [0.15, 0.2) is 12.3 Å². The standard InChI is InChI=1S/C16H25N3O3/c1-18-12(6-7-17-18)10-16(20)19-8-9-22-11-14(19)13-4-3-5-15(13)21-2/h6-7,13-15H,3-5,8-11H2,1-2H3/t13-,14+,15-/m1/s1. The Kier molecular flexibility index (Phi) is 4.78. The van der Waals surface area contributed by atoms with Gasteiger partial charge >= 0.3 is 0 Å². The van der Waals surface area contributed by atoms with Crippen molar-refractivity contribution in [3.05, 3.63) is 18.0 Å². The van der Waals surface area contributed by atoms with Crippen LogP contribution >= 0.6 is 0 Å². The maximum absolute atomic E-state index is 12.8. The first-order chi connectivity index (χ1) is 10.7. The van der Waals surface area contributed by atoms with Crippen molar-refractivity contribution < 1.29 is 14.3 Å². The molecule has 1 aliphatic carbocycles. The molecule has 0 bridgehead atoms. The van der Waals surface area contributed by atoms with E-state index in [0.717, 1.165) is 18.5 Å². The van der Waals surface area contributed by atoms with Crippen LogP contribution in [0, 0.1) is 5.92 Å². The van der Waals surface area contributed by atoms with E-state index in [1.54, 1.807) is 18.0 Å². The van der Waals surface area contributed by atoms with Gasteiger partial charge in [0, 0.05) is 38.5 Å². The molecule has 1 aromatic heterocycles. The maximum atomic E-state index is 12.8. The third-order valence-electron chi connectivity index (χ3n) is 5.04. The molecule has 6 nitrogen and oxygen atoms in total. The number of ether oxygens (including phenoxy) is 2. The average molecular weight is 307 g/mol. The summed E-state index contributed by atoms with van der Waals surface area (Å²) < 4.78 is 13.0. The van der Waals surface area contributed by atoms with Crippen molar-refractivity contribution in [2.45, 2.75) is 37.8 Å². The minimum absolute atomic E-state index is 0.141. The molecule has 122 valence electrons. The minimum Gasteiger partial charge on any atom is -0.381 e. The predicted molar refractivity (Wildman–Crippen MR) is 81.4 cm³/mol. The van der Waals surface area contributed by atoms with Crippen LogP contribution in [0.1, 0.15) is 25.0 Å². The van der Waals surface area contributed by atoms with Gasteiger partial charge in [-0.25, -0.2) is 0 Å². The molecule has 0 radical (unpaired) electrons. The van der Waals surface area contributed by atoms with Crippen molar-refractivity contribution in [2.24, 2.45) is 13.0 Å². The number of methoxy groups -OCH3 is 1. The highest BCUT2D eigenvalue weighted by molar-refractivity contribution is 5.78. The Hall–Kier alpha value is -1.40. The third-order valence-corrected chi connectivity index (χ3v) is 5.04. The van der Waals surface area contributed by atoms with Gasteiger partial charge in [-0.15, -0.1) is 0 Å². The summed E-state index contributed by atoms with van der Waals surface area (Å²) in [6.45, 7) is 1.92. The van der Waals surface area contributed by atoms with Crippen LogP contribution < -0.4 is 0 Å². The summed E-state index contributed by atoms with van der Waals surface area (Å²) >= 11 is 0. The number of morpholine rings is 1. The first-order valence-corrected chi connectivity index (χ1v) is 8.07. The second kappa shape index (κ2) is 6.79. The van der Waals surface area contributed by atoms with Gasteiger partial charge in [0.05, 0.1) is 31.8 Å². The average Bonchev–Trinajstić information content (AvgIpc) is 3.16. The van der Waals surface area contributed by atoms with Crippen LogP contribution in [0.5, 0.6) is 0 Å². The first kappa shape index (κ1) is 15.5. The van der Waals surface area contributed by atoms with Crippen molar-refractivity contribution in [3.8, 4) is 0 Å². The molecule has 3 atom stereocenters. The van der Waals surface area contributed by atoms with Gasteiger partial charge in [-0.1, -0.05) is 6.42 Å². The van der Waals surface area contributed by atoms with E-state index in [-0.39, 0.29) is 18.1 Å². The Balaban J connectivity index is 1.72. The number of aryl methyl sites for hydroxylation is 1. The Bertz CT molecular complexity index is 516. The van der Waals surface area contributed by atoms with Crippen LogP contribution in [0.4, 0.5) is 0 Å². The number of hydrogen-bond acceptors (Lipinski definition) is 4. The SMILES string of the molecule is CO[C@@H]1CCC[C@@H]1[C@@H]1COCCN1C(=O)Cc1ccnn1C. The highest BCUT2D eigenvalue weighted by atomic mass is 16.5. The Labute approximate surface area is 131 Å². The molecule has 6 heteroatoms. The lowest BCUT2D eigenvalue weighted by Gasteiger charge is -2.40. The van der Waals surface area contributed by atoms with E-state index in [1.807, 2.05) is 18.0 Å². The second-order valence-corrected chi connectivity index (χ2v) is 6.22. The summed E-state index contributed by atoms with van der Waals surface area (Å²) in [5.74, 6) is 0.555.